The predicted molar refractivity (Wildman–Crippen MR) is 79.9 cm³/mol. The topological polar surface area (TPSA) is 59.9 Å². The van der Waals surface area contributed by atoms with Gasteiger partial charge in [-0.15, -0.1) is 0 Å². The Balaban J connectivity index is 2.34. The fourth-order valence-electron chi connectivity index (χ4n) is 1.68. The predicted octanol–water partition coefficient (Wildman–Crippen LogP) is 3.07. The first-order valence-corrected chi connectivity index (χ1v) is 6.92. The van der Waals surface area contributed by atoms with E-state index in [0.29, 0.717) is 24.4 Å². The Labute approximate surface area is 119 Å². The van der Waals surface area contributed by atoms with Crippen molar-refractivity contribution in [3.05, 3.63) is 29.8 Å². The smallest absolute Gasteiger partial charge is 0.321 e. The van der Waals surface area contributed by atoms with E-state index < -0.39 is 0 Å². The van der Waals surface area contributed by atoms with Gasteiger partial charge in [0.1, 0.15) is 0 Å². The Hall–Kier alpha value is -2.17. The molecule has 2 rings (SSSR count). The van der Waals surface area contributed by atoms with E-state index in [2.05, 4.69) is 27.2 Å². The second kappa shape index (κ2) is 6.84. The van der Waals surface area contributed by atoms with Crippen molar-refractivity contribution >= 4 is 5.95 Å². The molecular formula is C15H20N4O. The third kappa shape index (κ3) is 3.66. The minimum Gasteiger partial charge on any atom is -0.463 e. The first-order chi connectivity index (χ1) is 9.72. The summed E-state index contributed by atoms with van der Waals surface area (Å²) in [7, 11) is 0. The monoisotopic (exact) mass is 272 g/mol. The van der Waals surface area contributed by atoms with E-state index in [1.807, 2.05) is 38.1 Å². The maximum Gasteiger partial charge on any atom is 0.321 e. The molecule has 0 aliphatic heterocycles. The summed E-state index contributed by atoms with van der Waals surface area (Å²) in [4.78, 5) is 13.0. The van der Waals surface area contributed by atoms with Crippen LogP contribution in [0.1, 0.15) is 25.8 Å². The summed E-state index contributed by atoms with van der Waals surface area (Å²) >= 11 is 0. The van der Waals surface area contributed by atoms with Gasteiger partial charge in [0.2, 0.25) is 5.95 Å². The maximum absolute atomic E-state index is 5.53. The zero-order valence-corrected chi connectivity index (χ0v) is 12.2. The lowest BCUT2D eigenvalue weighted by molar-refractivity contribution is 0.292. The molecule has 0 aliphatic carbocycles. The van der Waals surface area contributed by atoms with Crippen LogP contribution >= 0.6 is 0 Å². The van der Waals surface area contributed by atoms with Gasteiger partial charge in [-0.05, 0) is 20.3 Å². The molecular weight excluding hydrogens is 252 g/mol. The second-order valence-corrected chi connectivity index (χ2v) is 4.51. The molecule has 20 heavy (non-hydrogen) atoms. The highest BCUT2D eigenvalue weighted by Crippen LogP contribution is 2.19. The lowest BCUT2D eigenvalue weighted by Gasteiger charge is -2.08. The standard InChI is InChI=1S/C15H20N4O/c1-4-10-20-15-18-13(17-14(19-15)16-5-2)12-8-6-11(3)7-9-12/h6-9H,4-5,10H2,1-3H3,(H,16,17,18,19). The normalized spacial score (nSPS) is 10.3. The van der Waals surface area contributed by atoms with Crippen molar-refractivity contribution in [2.75, 3.05) is 18.5 Å². The number of hydrogen-bond acceptors (Lipinski definition) is 5. The van der Waals surface area contributed by atoms with Crippen LogP contribution in [0, 0.1) is 6.92 Å². The van der Waals surface area contributed by atoms with Crippen molar-refractivity contribution in [3.8, 4) is 17.4 Å². The van der Waals surface area contributed by atoms with Gasteiger partial charge in [0.05, 0.1) is 6.61 Å². The van der Waals surface area contributed by atoms with Crippen LogP contribution in [0.3, 0.4) is 0 Å². The number of rotatable bonds is 6. The highest BCUT2D eigenvalue weighted by Gasteiger charge is 2.08. The minimum absolute atomic E-state index is 0.369. The van der Waals surface area contributed by atoms with Crippen LogP contribution < -0.4 is 10.1 Å². The largest absolute Gasteiger partial charge is 0.463 e. The summed E-state index contributed by atoms with van der Waals surface area (Å²) < 4.78 is 5.53. The highest BCUT2D eigenvalue weighted by atomic mass is 16.5. The third-order valence-corrected chi connectivity index (χ3v) is 2.69. The van der Waals surface area contributed by atoms with E-state index in [0.717, 1.165) is 18.5 Å². The maximum atomic E-state index is 5.53. The zero-order valence-electron chi connectivity index (χ0n) is 12.2. The summed E-state index contributed by atoms with van der Waals surface area (Å²) in [5.41, 5.74) is 2.16. The molecule has 0 spiro atoms. The minimum atomic E-state index is 0.369. The summed E-state index contributed by atoms with van der Waals surface area (Å²) in [6.45, 7) is 7.46. The first kappa shape index (κ1) is 14.2. The van der Waals surface area contributed by atoms with Crippen LogP contribution in [-0.2, 0) is 0 Å². The molecule has 0 radical (unpaired) electrons. The van der Waals surface area contributed by atoms with Gasteiger partial charge in [-0.1, -0.05) is 36.8 Å². The quantitative estimate of drug-likeness (QED) is 0.875. The third-order valence-electron chi connectivity index (χ3n) is 2.69. The van der Waals surface area contributed by atoms with E-state index in [1.165, 1.54) is 5.56 Å². The molecule has 5 nitrogen and oxygen atoms in total. The lowest BCUT2D eigenvalue weighted by Crippen LogP contribution is -2.08. The van der Waals surface area contributed by atoms with Crippen LogP contribution in [-0.4, -0.2) is 28.1 Å². The molecule has 1 N–H and O–H groups in total. The van der Waals surface area contributed by atoms with Crippen molar-refractivity contribution in [2.45, 2.75) is 27.2 Å². The molecule has 1 heterocycles. The number of benzene rings is 1. The molecule has 2 aromatic rings. The van der Waals surface area contributed by atoms with Crippen LogP contribution in [0.15, 0.2) is 24.3 Å². The molecule has 1 aromatic carbocycles. The Bertz CT molecular complexity index is 554. The first-order valence-electron chi connectivity index (χ1n) is 6.92. The van der Waals surface area contributed by atoms with Gasteiger partial charge in [-0.25, -0.2) is 0 Å². The van der Waals surface area contributed by atoms with E-state index in [-0.39, 0.29) is 0 Å². The molecule has 1 aromatic heterocycles. The number of anilines is 1. The van der Waals surface area contributed by atoms with Crippen molar-refractivity contribution < 1.29 is 4.74 Å². The summed E-state index contributed by atoms with van der Waals surface area (Å²) in [6.07, 6.45) is 0.919. The average molecular weight is 272 g/mol. The van der Waals surface area contributed by atoms with Gasteiger partial charge in [0.25, 0.3) is 0 Å². The average Bonchev–Trinajstić information content (AvgIpc) is 2.46. The molecule has 0 unspecified atom stereocenters. The van der Waals surface area contributed by atoms with Gasteiger partial charge >= 0.3 is 6.01 Å². The second-order valence-electron chi connectivity index (χ2n) is 4.51. The number of hydrogen-bond donors (Lipinski definition) is 1. The summed E-state index contributed by atoms with van der Waals surface area (Å²) in [5.74, 6) is 1.17. The highest BCUT2D eigenvalue weighted by molar-refractivity contribution is 5.56. The van der Waals surface area contributed by atoms with E-state index in [4.69, 9.17) is 4.74 Å². The number of nitrogens with one attached hydrogen (secondary N) is 1. The van der Waals surface area contributed by atoms with Crippen LogP contribution in [0.5, 0.6) is 6.01 Å². The summed E-state index contributed by atoms with van der Waals surface area (Å²) in [5, 5.41) is 3.10. The summed E-state index contributed by atoms with van der Waals surface area (Å²) in [6, 6.07) is 8.46. The zero-order chi connectivity index (χ0) is 14.4. The number of ether oxygens (including phenoxy) is 1. The molecule has 0 saturated heterocycles. The van der Waals surface area contributed by atoms with Crippen LogP contribution in [0.2, 0.25) is 0 Å². The fraction of sp³-hybridized carbons (Fsp3) is 0.400. The van der Waals surface area contributed by atoms with Crippen molar-refractivity contribution in [3.63, 3.8) is 0 Å². The van der Waals surface area contributed by atoms with E-state index in [9.17, 15) is 0 Å². The van der Waals surface area contributed by atoms with Gasteiger partial charge in [-0.2, -0.15) is 15.0 Å². The van der Waals surface area contributed by atoms with E-state index in [1.54, 1.807) is 0 Å². The molecule has 0 amide bonds. The van der Waals surface area contributed by atoms with Gasteiger partial charge in [-0.3, -0.25) is 0 Å². The van der Waals surface area contributed by atoms with Gasteiger partial charge in [0.15, 0.2) is 5.82 Å². The molecule has 5 heteroatoms. The fourth-order valence-corrected chi connectivity index (χ4v) is 1.68. The molecule has 0 bridgehead atoms. The Morgan fingerprint density at radius 2 is 1.80 bits per heavy atom. The Morgan fingerprint density at radius 3 is 2.45 bits per heavy atom. The van der Waals surface area contributed by atoms with Crippen molar-refractivity contribution in [1.82, 2.24) is 15.0 Å². The Morgan fingerprint density at radius 1 is 1.05 bits per heavy atom. The lowest BCUT2D eigenvalue weighted by atomic mass is 10.1. The van der Waals surface area contributed by atoms with E-state index >= 15 is 0 Å². The van der Waals surface area contributed by atoms with Crippen molar-refractivity contribution in [2.24, 2.45) is 0 Å². The molecule has 0 saturated carbocycles. The SMILES string of the molecule is CCCOc1nc(NCC)nc(-c2ccc(C)cc2)n1. The van der Waals surface area contributed by atoms with Gasteiger partial charge in [0, 0.05) is 12.1 Å². The number of aryl methyl sites for hydroxylation is 1. The van der Waals surface area contributed by atoms with Crippen LogP contribution in [0.25, 0.3) is 11.4 Å². The molecule has 106 valence electrons. The number of aromatic nitrogens is 3. The molecule has 0 fully saturated rings. The van der Waals surface area contributed by atoms with Gasteiger partial charge < -0.3 is 10.1 Å². The van der Waals surface area contributed by atoms with Crippen molar-refractivity contribution in [1.29, 1.82) is 0 Å². The number of nitrogens with zero attached hydrogens (tertiary/aromatic N) is 3. The molecule has 0 atom stereocenters. The molecule has 0 aliphatic rings. The van der Waals surface area contributed by atoms with Crippen LogP contribution in [0.4, 0.5) is 5.95 Å². The Kier molecular flexibility index (Phi) is 4.87.